The SMILES string of the molecule is CN=C(NCc1ccco1)NC[C@@H]1CCO[C@@H](C)C1. The van der Waals surface area contributed by atoms with Crippen LogP contribution in [0.5, 0.6) is 0 Å². The first-order valence-electron chi connectivity index (χ1n) is 6.86. The van der Waals surface area contributed by atoms with Crippen molar-refractivity contribution in [2.24, 2.45) is 10.9 Å². The van der Waals surface area contributed by atoms with E-state index in [2.05, 4.69) is 22.5 Å². The minimum atomic E-state index is 0.374. The van der Waals surface area contributed by atoms with E-state index in [9.17, 15) is 0 Å². The van der Waals surface area contributed by atoms with Crippen LogP contribution >= 0.6 is 0 Å². The highest BCUT2D eigenvalue weighted by molar-refractivity contribution is 5.79. The highest BCUT2D eigenvalue weighted by atomic mass is 16.5. The Morgan fingerprint density at radius 3 is 3.05 bits per heavy atom. The fourth-order valence-electron chi connectivity index (χ4n) is 2.32. The van der Waals surface area contributed by atoms with Crippen molar-refractivity contribution in [3.63, 3.8) is 0 Å². The summed E-state index contributed by atoms with van der Waals surface area (Å²) in [6, 6.07) is 3.83. The number of rotatable bonds is 4. The van der Waals surface area contributed by atoms with E-state index in [0.717, 1.165) is 37.7 Å². The molecule has 0 aliphatic carbocycles. The summed E-state index contributed by atoms with van der Waals surface area (Å²) in [6.45, 7) is 4.59. The van der Waals surface area contributed by atoms with Gasteiger partial charge >= 0.3 is 0 Å². The second kappa shape index (κ2) is 7.19. The van der Waals surface area contributed by atoms with Crippen molar-refractivity contribution in [2.45, 2.75) is 32.4 Å². The van der Waals surface area contributed by atoms with Gasteiger partial charge in [0.1, 0.15) is 5.76 Å². The third-order valence-corrected chi connectivity index (χ3v) is 3.39. The molecule has 0 bridgehead atoms. The fourth-order valence-corrected chi connectivity index (χ4v) is 2.32. The van der Waals surface area contributed by atoms with Crippen LogP contribution in [0.1, 0.15) is 25.5 Å². The Labute approximate surface area is 114 Å². The number of nitrogens with one attached hydrogen (secondary N) is 2. The molecule has 1 aliphatic rings. The van der Waals surface area contributed by atoms with Gasteiger partial charge in [-0.2, -0.15) is 0 Å². The lowest BCUT2D eigenvalue weighted by molar-refractivity contribution is 0.00378. The summed E-state index contributed by atoms with van der Waals surface area (Å²) in [5.41, 5.74) is 0. The van der Waals surface area contributed by atoms with Crippen LogP contribution in [0.2, 0.25) is 0 Å². The molecule has 0 aromatic carbocycles. The summed E-state index contributed by atoms with van der Waals surface area (Å²) >= 11 is 0. The van der Waals surface area contributed by atoms with E-state index in [1.54, 1.807) is 13.3 Å². The summed E-state index contributed by atoms with van der Waals surface area (Å²) in [5.74, 6) is 2.38. The molecule has 5 nitrogen and oxygen atoms in total. The average molecular weight is 265 g/mol. The Bertz CT molecular complexity index is 389. The van der Waals surface area contributed by atoms with Gasteiger partial charge in [0.2, 0.25) is 0 Å². The quantitative estimate of drug-likeness (QED) is 0.643. The van der Waals surface area contributed by atoms with E-state index >= 15 is 0 Å². The molecule has 1 fully saturated rings. The zero-order chi connectivity index (χ0) is 13.5. The first-order valence-corrected chi connectivity index (χ1v) is 6.86. The van der Waals surface area contributed by atoms with Gasteiger partial charge in [-0.15, -0.1) is 0 Å². The summed E-state index contributed by atoms with van der Waals surface area (Å²) in [5, 5.41) is 6.60. The van der Waals surface area contributed by atoms with Crippen molar-refractivity contribution >= 4 is 5.96 Å². The van der Waals surface area contributed by atoms with Gasteiger partial charge in [0.15, 0.2) is 5.96 Å². The lowest BCUT2D eigenvalue weighted by Gasteiger charge is -2.27. The topological polar surface area (TPSA) is 58.8 Å². The Morgan fingerprint density at radius 2 is 2.37 bits per heavy atom. The molecule has 0 amide bonds. The lowest BCUT2D eigenvalue weighted by atomic mass is 9.96. The molecule has 19 heavy (non-hydrogen) atoms. The number of furan rings is 1. The van der Waals surface area contributed by atoms with Crippen LogP contribution < -0.4 is 10.6 Å². The summed E-state index contributed by atoms with van der Waals surface area (Å²) in [7, 11) is 1.78. The number of aliphatic imine (C=N–C) groups is 1. The molecule has 0 radical (unpaired) electrons. The van der Waals surface area contributed by atoms with Gasteiger partial charge in [0, 0.05) is 20.2 Å². The van der Waals surface area contributed by atoms with Crippen LogP contribution in [0.15, 0.2) is 27.8 Å². The molecule has 1 saturated heterocycles. The van der Waals surface area contributed by atoms with Crippen LogP contribution in [0.25, 0.3) is 0 Å². The van der Waals surface area contributed by atoms with Gasteiger partial charge < -0.3 is 19.8 Å². The number of hydrogen-bond donors (Lipinski definition) is 2. The first kappa shape index (κ1) is 13.9. The zero-order valence-electron chi connectivity index (χ0n) is 11.7. The second-order valence-corrected chi connectivity index (χ2v) is 4.96. The van der Waals surface area contributed by atoms with Gasteiger partial charge in [0.05, 0.1) is 18.9 Å². The van der Waals surface area contributed by atoms with E-state index in [4.69, 9.17) is 9.15 Å². The Hall–Kier alpha value is -1.49. The summed E-state index contributed by atoms with van der Waals surface area (Å²) < 4.78 is 10.8. The normalized spacial score (nSPS) is 24.2. The largest absolute Gasteiger partial charge is 0.467 e. The van der Waals surface area contributed by atoms with E-state index in [0.29, 0.717) is 18.6 Å². The minimum Gasteiger partial charge on any atom is -0.467 e. The predicted octanol–water partition coefficient (Wildman–Crippen LogP) is 1.76. The van der Waals surface area contributed by atoms with Crippen molar-refractivity contribution in [3.05, 3.63) is 24.2 Å². The fraction of sp³-hybridized carbons (Fsp3) is 0.643. The molecule has 2 heterocycles. The first-order chi connectivity index (χ1) is 9.28. The summed E-state index contributed by atoms with van der Waals surface area (Å²) in [4.78, 5) is 4.21. The maximum absolute atomic E-state index is 5.55. The molecular formula is C14H23N3O2. The smallest absolute Gasteiger partial charge is 0.191 e. The third kappa shape index (κ3) is 4.59. The van der Waals surface area contributed by atoms with Gasteiger partial charge in [0.25, 0.3) is 0 Å². The third-order valence-electron chi connectivity index (χ3n) is 3.39. The molecular weight excluding hydrogens is 242 g/mol. The van der Waals surface area contributed by atoms with Crippen LogP contribution in [-0.4, -0.2) is 32.3 Å². The lowest BCUT2D eigenvalue weighted by Crippen LogP contribution is -2.41. The van der Waals surface area contributed by atoms with E-state index in [1.807, 2.05) is 12.1 Å². The number of guanidine groups is 1. The maximum atomic E-state index is 5.55. The molecule has 1 aliphatic heterocycles. The standard InChI is InChI=1S/C14H23N3O2/c1-11-8-12(5-7-18-11)9-16-14(15-2)17-10-13-4-3-6-19-13/h3-4,6,11-12H,5,7-10H2,1-2H3,(H2,15,16,17)/t11-,12+/m0/s1. The van der Waals surface area contributed by atoms with Gasteiger partial charge in [-0.25, -0.2) is 0 Å². The van der Waals surface area contributed by atoms with Crippen LogP contribution in [0.4, 0.5) is 0 Å². The van der Waals surface area contributed by atoms with Crippen molar-refractivity contribution in [1.29, 1.82) is 0 Å². The summed E-state index contributed by atoms with van der Waals surface area (Å²) in [6.07, 6.45) is 4.28. The van der Waals surface area contributed by atoms with Gasteiger partial charge in [-0.3, -0.25) is 4.99 Å². The average Bonchev–Trinajstić information content (AvgIpc) is 2.92. The van der Waals surface area contributed by atoms with E-state index < -0.39 is 0 Å². The van der Waals surface area contributed by atoms with Gasteiger partial charge in [-0.1, -0.05) is 0 Å². The molecule has 2 atom stereocenters. The van der Waals surface area contributed by atoms with Crippen LogP contribution in [0.3, 0.4) is 0 Å². The monoisotopic (exact) mass is 265 g/mol. The van der Waals surface area contributed by atoms with Crippen LogP contribution in [-0.2, 0) is 11.3 Å². The van der Waals surface area contributed by atoms with Gasteiger partial charge in [-0.05, 0) is 37.8 Å². The molecule has 0 unspecified atom stereocenters. The maximum Gasteiger partial charge on any atom is 0.191 e. The minimum absolute atomic E-state index is 0.374. The molecule has 106 valence electrons. The Kier molecular flexibility index (Phi) is 5.27. The molecule has 1 aromatic heterocycles. The van der Waals surface area contributed by atoms with E-state index in [1.165, 1.54) is 0 Å². The number of hydrogen-bond acceptors (Lipinski definition) is 3. The van der Waals surface area contributed by atoms with Crippen molar-refractivity contribution in [3.8, 4) is 0 Å². The molecule has 2 N–H and O–H groups in total. The van der Waals surface area contributed by atoms with E-state index in [-0.39, 0.29) is 0 Å². The number of nitrogens with zero attached hydrogens (tertiary/aromatic N) is 1. The van der Waals surface area contributed by atoms with Crippen LogP contribution in [0, 0.1) is 5.92 Å². The highest BCUT2D eigenvalue weighted by Gasteiger charge is 2.19. The molecule has 1 aromatic rings. The Morgan fingerprint density at radius 1 is 1.47 bits per heavy atom. The zero-order valence-corrected chi connectivity index (χ0v) is 11.7. The highest BCUT2D eigenvalue weighted by Crippen LogP contribution is 2.18. The molecule has 2 rings (SSSR count). The van der Waals surface area contributed by atoms with Crippen molar-refractivity contribution in [1.82, 2.24) is 10.6 Å². The predicted molar refractivity (Wildman–Crippen MR) is 75.0 cm³/mol. The van der Waals surface area contributed by atoms with Crippen molar-refractivity contribution in [2.75, 3.05) is 20.2 Å². The molecule has 0 saturated carbocycles. The Balaban J connectivity index is 1.70. The molecule has 0 spiro atoms. The van der Waals surface area contributed by atoms with Crippen molar-refractivity contribution < 1.29 is 9.15 Å². The second-order valence-electron chi connectivity index (χ2n) is 4.96. The molecule has 5 heteroatoms. The number of ether oxygens (including phenoxy) is 1.